The molecule has 120 valence electrons. The monoisotopic (exact) mass is 452 g/mol. The van der Waals surface area contributed by atoms with Gasteiger partial charge in [0.2, 0.25) is 0 Å². The molecule has 0 spiro atoms. The topological polar surface area (TPSA) is 0 Å². The molecule has 1 aromatic rings. The first kappa shape index (κ1) is 19.9. The van der Waals surface area contributed by atoms with Crippen molar-refractivity contribution in [1.82, 2.24) is 0 Å². The fraction of sp³-hybridized carbons (Fsp3) is 0.647. The molecule has 0 saturated heterocycles. The molecule has 0 fully saturated rings. The second-order valence-corrected chi connectivity index (χ2v) is 8.30. The van der Waals surface area contributed by atoms with Crippen molar-refractivity contribution in [2.24, 2.45) is 5.92 Å². The van der Waals surface area contributed by atoms with E-state index in [-0.39, 0.29) is 0 Å². The molecule has 0 nitrogen and oxygen atoms in total. The van der Waals surface area contributed by atoms with Crippen molar-refractivity contribution in [1.29, 1.82) is 0 Å². The summed E-state index contributed by atoms with van der Waals surface area (Å²) in [7, 11) is 0. The second kappa shape index (κ2) is 11.4. The fourth-order valence-electron chi connectivity index (χ4n) is 2.28. The number of alkyl halides is 2. The maximum atomic E-state index is 3.65. The van der Waals surface area contributed by atoms with E-state index in [1.165, 1.54) is 52.4 Å². The van der Waals surface area contributed by atoms with E-state index in [0.717, 1.165) is 16.6 Å². The van der Waals surface area contributed by atoms with Crippen LogP contribution in [0.1, 0.15) is 50.7 Å². The Morgan fingerprint density at radius 1 is 1.05 bits per heavy atom. The van der Waals surface area contributed by atoms with Gasteiger partial charge in [0.1, 0.15) is 0 Å². The van der Waals surface area contributed by atoms with Gasteiger partial charge >= 0.3 is 0 Å². The minimum atomic E-state index is 0.853. The Morgan fingerprint density at radius 3 is 2.19 bits per heavy atom. The molecule has 1 rings (SSSR count). The van der Waals surface area contributed by atoms with Crippen LogP contribution in [0, 0.1) is 5.92 Å². The van der Waals surface area contributed by atoms with Crippen molar-refractivity contribution in [2.45, 2.75) is 60.0 Å². The molecule has 1 unspecified atom stereocenters. The zero-order valence-corrected chi connectivity index (χ0v) is 18.1. The van der Waals surface area contributed by atoms with Gasteiger partial charge in [-0.2, -0.15) is 0 Å². The van der Waals surface area contributed by atoms with Gasteiger partial charge in [-0.15, -0.1) is 23.5 Å². The van der Waals surface area contributed by atoms with Crippen molar-refractivity contribution >= 4 is 55.4 Å². The van der Waals surface area contributed by atoms with Crippen molar-refractivity contribution in [3.05, 3.63) is 23.3 Å². The third-order valence-corrected chi connectivity index (χ3v) is 7.13. The van der Waals surface area contributed by atoms with Crippen LogP contribution in [0.5, 0.6) is 0 Å². The highest BCUT2D eigenvalue weighted by molar-refractivity contribution is 9.08. The van der Waals surface area contributed by atoms with E-state index < -0.39 is 0 Å². The lowest BCUT2D eigenvalue weighted by atomic mass is 10.0. The largest absolute Gasteiger partial charge is 0.129 e. The maximum Gasteiger partial charge on any atom is 0.0294 e. The lowest BCUT2D eigenvalue weighted by Gasteiger charge is -2.17. The summed E-state index contributed by atoms with van der Waals surface area (Å²) in [6, 6.07) is 4.74. The summed E-state index contributed by atoms with van der Waals surface area (Å²) in [5.74, 6) is 2.10. The standard InChI is InChI=1S/C17H26Br2S2/c1-4-6-7-13(5-2)12-21-17-9-14(10-18)16(20-3)8-15(17)11-19/h8-9,13H,4-7,10-12H2,1-3H3. The molecule has 1 aromatic carbocycles. The van der Waals surface area contributed by atoms with Gasteiger partial charge in [0.05, 0.1) is 0 Å². The molecule has 0 saturated carbocycles. The fourth-order valence-corrected chi connectivity index (χ4v) is 5.60. The van der Waals surface area contributed by atoms with Crippen molar-refractivity contribution < 1.29 is 0 Å². The van der Waals surface area contributed by atoms with Gasteiger partial charge in [-0.1, -0.05) is 65.0 Å². The molecule has 4 heteroatoms. The van der Waals surface area contributed by atoms with E-state index in [1.54, 1.807) is 0 Å². The summed E-state index contributed by atoms with van der Waals surface area (Å²) < 4.78 is 0. The average Bonchev–Trinajstić information content (AvgIpc) is 2.54. The van der Waals surface area contributed by atoms with E-state index in [9.17, 15) is 0 Å². The molecule has 0 aromatic heterocycles. The minimum absolute atomic E-state index is 0.853. The van der Waals surface area contributed by atoms with Crippen LogP contribution in [0.3, 0.4) is 0 Å². The first-order chi connectivity index (χ1) is 10.2. The van der Waals surface area contributed by atoms with E-state index in [4.69, 9.17) is 0 Å². The van der Waals surface area contributed by atoms with Crippen LogP contribution in [0.4, 0.5) is 0 Å². The molecular weight excluding hydrogens is 428 g/mol. The van der Waals surface area contributed by atoms with Crippen LogP contribution in [-0.4, -0.2) is 12.0 Å². The number of thioether (sulfide) groups is 2. The molecule has 1 atom stereocenters. The Hall–Kier alpha value is 0.880. The smallest absolute Gasteiger partial charge is 0.0294 e. The SMILES string of the molecule is CCCCC(CC)CSc1cc(CBr)c(SC)cc1CBr. The van der Waals surface area contributed by atoms with Crippen LogP contribution in [0.2, 0.25) is 0 Å². The van der Waals surface area contributed by atoms with E-state index in [0.29, 0.717) is 0 Å². The normalized spacial score (nSPS) is 12.6. The van der Waals surface area contributed by atoms with Gasteiger partial charge in [0, 0.05) is 26.2 Å². The van der Waals surface area contributed by atoms with Gasteiger partial charge in [-0.3, -0.25) is 0 Å². The maximum absolute atomic E-state index is 3.65. The zero-order chi connectivity index (χ0) is 15.7. The Labute approximate surface area is 155 Å². The van der Waals surface area contributed by atoms with Crippen LogP contribution >= 0.6 is 55.4 Å². The molecule has 0 N–H and O–H groups in total. The zero-order valence-electron chi connectivity index (χ0n) is 13.3. The molecule has 0 radical (unpaired) electrons. The van der Waals surface area contributed by atoms with E-state index >= 15 is 0 Å². The number of rotatable bonds is 10. The van der Waals surface area contributed by atoms with Crippen molar-refractivity contribution in [3.63, 3.8) is 0 Å². The van der Waals surface area contributed by atoms with E-state index in [2.05, 4.69) is 64.1 Å². The lowest BCUT2D eigenvalue weighted by Crippen LogP contribution is -2.03. The van der Waals surface area contributed by atoms with Crippen molar-refractivity contribution in [2.75, 3.05) is 12.0 Å². The first-order valence-corrected chi connectivity index (χ1v) is 12.1. The molecule has 0 amide bonds. The predicted molar refractivity (Wildman–Crippen MR) is 108 cm³/mol. The third kappa shape index (κ3) is 6.48. The van der Waals surface area contributed by atoms with Crippen LogP contribution in [-0.2, 0) is 10.7 Å². The Morgan fingerprint density at radius 2 is 1.67 bits per heavy atom. The number of unbranched alkanes of at least 4 members (excludes halogenated alkanes) is 1. The van der Waals surface area contributed by atoms with Gasteiger partial charge in [0.25, 0.3) is 0 Å². The summed E-state index contributed by atoms with van der Waals surface area (Å²) in [6.07, 6.45) is 7.50. The van der Waals surface area contributed by atoms with Crippen molar-refractivity contribution in [3.8, 4) is 0 Å². The third-order valence-electron chi connectivity index (χ3n) is 3.77. The Kier molecular flexibility index (Phi) is 10.8. The molecule has 0 aliphatic heterocycles. The molecule has 0 bridgehead atoms. The first-order valence-electron chi connectivity index (χ1n) is 7.64. The summed E-state index contributed by atoms with van der Waals surface area (Å²) in [5, 5.41) is 1.88. The second-order valence-electron chi connectivity index (χ2n) is 5.27. The quantitative estimate of drug-likeness (QED) is 0.265. The number of hydrogen-bond acceptors (Lipinski definition) is 2. The number of halogens is 2. The van der Waals surface area contributed by atoms with Gasteiger partial charge in [0.15, 0.2) is 0 Å². The highest BCUT2D eigenvalue weighted by atomic mass is 79.9. The van der Waals surface area contributed by atoms with Gasteiger partial charge < -0.3 is 0 Å². The van der Waals surface area contributed by atoms with Gasteiger partial charge in [-0.25, -0.2) is 0 Å². The van der Waals surface area contributed by atoms with Crippen LogP contribution < -0.4 is 0 Å². The summed E-state index contributed by atoms with van der Waals surface area (Å²) in [4.78, 5) is 2.85. The average molecular weight is 454 g/mol. The predicted octanol–water partition coefficient (Wildman–Crippen LogP) is 7.51. The number of hydrogen-bond donors (Lipinski definition) is 0. The summed E-state index contributed by atoms with van der Waals surface area (Å²) >= 11 is 11.2. The Balaban J connectivity index is 2.81. The highest BCUT2D eigenvalue weighted by Crippen LogP contribution is 2.34. The summed E-state index contributed by atoms with van der Waals surface area (Å²) in [5.41, 5.74) is 2.84. The Bertz CT molecular complexity index is 421. The highest BCUT2D eigenvalue weighted by Gasteiger charge is 2.12. The lowest BCUT2D eigenvalue weighted by molar-refractivity contribution is 0.499. The van der Waals surface area contributed by atoms with Gasteiger partial charge in [-0.05, 0) is 41.9 Å². The molecule has 0 aliphatic carbocycles. The van der Waals surface area contributed by atoms with Crippen LogP contribution in [0.25, 0.3) is 0 Å². The number of benzene rings is 1. The molecule has 0 aliphatic rings. The minimum Gasteiger partial charge on any atom is -0.129 e. The molecule has 21 heavy (non-hydrogen) atoms. The summed E-state index contributed by atoms with van der Waals surface area (Å²) in [6.45, 7) is 4.61. The van der Waals surface area contributed by atoms with E-state index in [1.807, 2.05) is 23.5 Å². The molecule has 0 heterocycles. The molecular formula is C17H26Br2S2. The van der Waals surface area contributed by atoms with Crippen LogP contribution in [0.15, 0.2) is 21.9 Å².